The molecule has 0 saturated carbocycles. The Balaban J connectivity index is 1.55. The van der Waals surface area contributed by atoms with Gasteiger partial charge in [-0.15, -0.1) is 0 Å². The zero-order valence-corrected chi connectivity index (χ0v) is 15.7. The van der Waals surface area contributed by atoms with Crippen LogP contribution in [0.1, 0.15) is 18.5 Å². The molecular weight excluding hydrogens is 376 g/mol. The maximum atomic E-state index is 12.1. The second kappa shape index (κ2) is 8.87. The van der Waals surface area contributed by atoms with Crippen LogP contribution >= 0.6 is 0 Å². The zero-order chi connectivity index (χ0) is 20.8. The predicted octanol–water partition coefficient (Wildman–Crippen LogP) is 3.66. The zero-order valence-electron chi connectivity index (χ0n) is 15.7. The fourth-order valence-electron chi connectivity index (χ4n) is 2.87. The summed E-state index contributed by atoms with van der Waals surface area (Å²) in [5.41, 5.74) is 2.39. The number of nitro benzene ring substituents is 1. The molecule has 0 fully saturated rings. The smallest absolute Gasteiger partial charge is 0.292 e. The van der Waals surface area contributed by atoms with Crippen molar-refractivity contribution in [2.75, 3.05) is 12.4 Å². The third kappa shape index (κ3) is 4.89. The first-order valence-electron chi connectivity index (χ1n) is 8.93. The molecule has 0 aliphatic heterocycles. The summed E-state index contributed by atoms with van der Waals surface area (Å²) >= 11 is 0. The molecule has 2 aromatic carbocycles. The Morgan fingerprint density at radius 3 is 2.83 bits per heavy atom. The first kappa shape index (κ1) is 19.9. The molecule has 1 aromatic heterocycles. The lowest BCUT2D eigenvalue weighted by molar-refractivity contribution is -0.383. The van der Waals surface area contributed by atoms with Crippen LogP contribution in [0.25, 0.3) is 11.3 Å². The number of benzene rings is 2. The van der Waals surface area contributed by atoms with Crippen molar-refractivity contribution in [2.24, 2.45) is 0 Å². The van der Waals surface area contributed by atoms with Gasteiger partial charge in [0.05, 0.1) is 17.7 Å². The van der Waals surface area contributed by atoms with Crippen molar-refractivity contribution in [1.82, 2.24) is 10.2 Å². The summed E-state index contributed by atoms with van der Waals surface area (Å²) < 4.78 is 5.10. The third-order valence-electron chi connectivity index (χ3n) is 4.33. The number of phenols is 1. The number of H-pyrrole nitrogens is 1. The van der Waals surface area contributed by atoms with E-state index >= 15 is 0 Å². The summed E-state index contributed by atoms with van der Waals surface area (Å²) in [6.45, 7) is 0. The Morgan fingerprint density at radius 1 is 1.28 bits per heavy atom. The van der Waals surface area contributed by atoms with Crippen LogP contribution in [0.3, 0.4) is 0 Å². The number of aromatic nitrogens is 2. The van der Waals surface area contributed by atoms with Crippen LogP contribution in [-0.4, -0.2) is 33.2 Å². The number of amides is 1. The lowest BCUT2D eigenvalue weighted by Gasteiger charge is -2.05. The van der Waals surface area contributed by atoms with Gasteiger partial charge in [-0.1, -0.05) is 12.1 Å². The number of hydrogen-bond acceptors (Lipinski definition) is 6. The van der Waals surface area contributed by atoms with E-state index in [9.17, 15) is 20.0 Å². The molecule has 3 N–H and O–H groups in total. The molecule has 9 nitrogen and oxygen atoms in total. The molecule has 0 spiro atoms. The van der Waals surface area contributed by atoms with E-state index in [0.717, 1.165) is 11.3 Å². The fraction of sp³-hybridized carbons (Fsp3) is 0.200. The Morgan fingerprint density at radius 2 is 2.07 bits per heavy atom. The summed E-state index contributed by atoms with van der Waals surface area (Å²) in [6.07, 6.45) is 1.35. The number of ether oxygens (including phenoxy) is 1. The molecule has 0 radical (unpaired) electrons. The molecule has 1 heterocycles. The average molecular weight is 396 g/mol. The van der Waals surface area contributed by atoms with Crippen molar-refractivity contribution in [3.05, 3.63) is 64.3 Å². The highest BCUT2D eigenvalue weighted by Gasteiger charge is 2.15. The number of anilines is 1. The average Bonchev–Trinajstić information content (AvgIpc) is 3.17. The van der Waals surface area contributed by atoms with Gasteiger partial charge < -0.3 is 15.2 Å². The van der Waals surface area contributed by atoms with Gasteiger partial charge in [0, 0.05) is 23.7 Å². The Hall–Kier alpha value is -3.88. The molecule has 29 heavy (non-hydrogen) atoms. The maximum Gasteiger partial charge on any atom is 0.292 e. The molecule has 0 aliphatic rings. The van der Waals surface area contributed by atoms with E-state index < -0.39 is 4.92 Å². The second-order valence-electron chi connectivity index (χ2n) is 6.34. The summed E-state index contributed by atoms with van der Waals surface area (Å²) in [5.74, 6) is 0.123. The SMILES string of the molecule is COc1cc(-c2cc(CCCC(=O)Nc3ccccc3[N+](=O)[O-])[nH]n2)ccc1O. The number of phenolic OH excluding ortho intramolecular Hbond substituents is 1. The molecule has 0 bridgehead atoms. The maximum absolute atomic E-state index is 12.1. The first-order valence-corrected chi connectivity index (χ1v) is 8.93. The summed E-state index contributed by atoms with van der Waals surface area (Å²) in [5, 5.41) is 30.4. The standard InChI is InChI=1S/C20H20N4O5/c1-29-19-11-13(9-10-18(19)25)16-12-14(22-23-16)5-4-8-20(26)21-15-6-2-3-7-17(15)24(27)28/h2-3,6-7,9-12,25H,4-5,8H2,1H3,(H,21,26)(H,22,23). The predicted molar refractivity (Wildman–Crippen MR) is 107 cm³/mol. The highest BCUT2D eigenvalue weighted by atomic mass is 16.6. The lowest BCUT2D eigenvalue weighted by Crippen LogP contribution is -2.12. The van der Waals surface area contributed by atoms with Gasteiger partial charge in [0.15, 0.2) is 11.5 Å². The lowest BCUT2D eigenvalue weighted by atomic mass is 10.1. The van der Waals surface area contributed by atoms with Crippen molar-refractivity contribution in [3.8, 4) is 22.8 Å². The van der Waals surface area contributed by atoms with Crippen molar-refractivity contribution in [3.63, 3.8) is 0 Å². The van der Waals surface area contributed by atoms with Gasteiger partial charge in [0.25, 0.3) is 5.69 Å². The topological polar surface area (TPSA) is 130 Å². The number of methoxy groups -OCH3 is 1. The van der Waals surface area contributed by atoms with Gasteiger partial charge in [-0.05, 0) is 43.2 Å². The van der Waals surface area contributed by atoms with Gasteiger partial charge in [0.1, 0.15) is 5.69 Å². The number of aryl methyl sites for hydroxylation is 1. The molecular formula is C20H20N4O5. The van der Waals surface area contributed by atoms with E-state index in [4.69, 9.17) is 4.74 Å². The first-order chi connectivity index (χ1) is 14.0. The molecule has 150 valence electrons. The van der Waals surface area contributed by atoms with Crippen LogP contribution in [0.4, 0.5) is 11.4 Å². The molecule has 3 rings (SSSR count). The van der Waals surface area contributed by atoms with Crippen LogP contribution in [-0.2, 0) is 11.2 Å². The minimum Gasteiger partial charge on any atom is -0.504 e. The van der Waals surface area contributed by atoms with Crippen LogP contribution in [0, 0.1) is 10.1 Å². The molecule has 1 amide bonds. The van der Waals surface area contributed by atoms with Crippen molar-refractivity contribution >= 4 is 17.3 Å². The summed E-state index contributed by atoms with van der Waals surface area (Å²) in [6, 6.07) is 12.9. The number of carbonyl (C=O) groups excluding carboxylic acids is 1. The number of aromatic amines is 1. The van der Waals surface area contributed by atoms with Gasteiger partial charge >= 0.3 is 0 Å². The number of para-hydroxylation sites is 2. The van der Waals surface area contributed by atoms with Crippen LogP contribution in [0.15, 0.2) is 48.5 Å². The Bertz CT molecular complexity index is 1030. The van der Waals surface area contributed by atoms with E-state index in [1.54, 1.807) is 24.3 Å². The summed E-state index contributed by atoms with van der Waals surface area (Å²) in [4.78, 5) is 22.6. The number of nitro groups is 1. The monoisotopic (exact) mass is 396 g/mol. The summed E-state index contributed by atoms with van der Waals surface area (Å²) in [7, 11) is 1.48. The number of hydrogen-bond donors (Lipinski definition) is 3. The largest absolute Gasteiger partial charge is 0.504 e. The van der Waals surface area contributed by atoms with Crippen LogP contribution in [0.2, 0.25) is 0 Å². The van der Waals surface area contributed by atoms with E-state index in [1.165, 1.54) is 25.3 Å². The molecule has 0 atom stereocenters. The minimum absolute atomic E-state index is 0.0525. The van der Waals surface area contributed by atoms with Gasteiger partial charge in [-0.25, -0.2) is 0 Å². The molecule has 0 unspecified atom stereocenters. The number of aromatic hydroxyl groups is 1. The van der Waals surface area contributed by atoms with Crippen molar-refractivity contribution in [1.29, 1.82) is 0 Å². The quantitative estimate of drug-likeness (QED) is 0.393. The van der Waals surface area contributed by atoms with Gasteiger partial charge in [-0.2, -0.15) is 5.10 Å². The second-order valence-corrected chi connectivity index (χ2v) is 6.34. The van der Waals surface area contributed by atoms with E-state index in [1.807, 2.05) is 6.07 Å². The van der Waals surface area contributed by atoms with Crippen molar-refractivity contribution in [2.45, 2.75) is 19.3 Å². The molecule has 0 saturated heterocycles. The van der Waals surface area contributed by atoms with Gasteiger partial charge in [-0.3, -0.25) is 20.0 Å². The van der Waals surface area contributed by atoms with E-state index in [0.29, 0.717) is 24.3 Å². The highest BCUT2D eigenvalue weighted by molar-refractivity contribution is 5.93. The third-order valence-corrected chi connectivity index (χ3v) is 4.33. The highest BCUT2D eigenvalue weighted by Crippen LogP contribution is 2.31. The minimum atomic E-state index is -0.528. The molecule has 9 heteroatoms. The fourth-order valence-corrected chi connectivity index (χ4v) is 2.87. The number of carbonyl (C=O) groups is 1. The molecule has 0 aliphatic carbocycles. The van der Waals surface area contributed by atoms with E-state index in [2.05, 4.69) is 15.5 Å². The normalized spacial score (nSPS) is 10.5. The number of nitrogens with zero attached hydrogens (tertiary/aromatic N) is 2. The number of nitrogens with one attached hydrogen (secondary N) is 2. The van der Waals surface area contributed by atoms with E-state index in [-0.39, 0.29) is 29.5 Å². The Labute approximate surface area is 166 Å². The Kier molecular flexibility index (Phi) is 6.08. The van der Waals surface area contributed by atoms with Crippen LogP contribution in [0.5, 0.6) is 11.5 Å². The van der Waals surface area contributed by atoms with Crippen molar-refractivity contribution < 1.29 is 19.6 Å². The number of rotatable bonds is 8. The molecule has 3 aromatic rings. The van der Waals surface area contributed by atoms with Crippen LogP contribution < -0.4 is 10.1 Å². The van der Waals surface area contributed by atoms with Gasteiger partial charge in [0.2, 0.25) is 5.91 Å².